The number of piperazine rings is 1. The van der Waals surface area contributed by atoms with Crippen LogP contribution in [-0.2, 0) is 14.3 Å². The number of hydrogen-bond acceptors (Lipinski definition) is 14. The Morgan fingerprint density at radius 1 is 0.879 bits per heavy atom. The number of fused-ring (bicyclic) bond motifs is 3. The number of aromatic hydroxyl groups is 1. The van der Waals surface area contributed by atoms with E-state index in [1.54, 1.807) is 12.1 Å². The van der Waals surface area contributed by atoms with E-state index in [1.165, 1.54) is 24.3 Å². The number of phenols is 1. The van der Waals surface area contributed by atoms with E-state index in [4.69, 9.17) is 19.9 Å². The van der Waals surface area contributed by atoms with Crippen molar-refractivity contribution in [1.82, 2.24) is 25.3 Å². The highest BCUT2D eigenvalue weighted by Gasteiger charge is 2.41. The molecular formula is C47H54F2N10O7. The largest absolute Gasteiger partial charge is 0.504 e. The minimum Gasteiger partial charge on any atom is -0.504 e. The highest BCUT2D eigenvalue weighted by atomic mass is 19.1. The van der Waals surface area contributed by atoms with E-state index in [0.29, 0.717) is 95.4 Å². The van der Waals surface area contributed by atoms with Crippen molar-refractivity contribution in [3.63, 3.8) is 0 Å². The maximum absolute atomic E-state index is 15.4. The maximum Gasteiger partial charge on any atom is 0.319 e. The summed E-state index contributed by atoms with van der Waals surface area (Å²) in [5.74, 6) is -0.822. The summed E-state index contributed by atoms with van der Waals surface area (Å²) in [6.07, 6.45) is 3.36. The van der Waals surface area contributed by atoms with Gasteiger partial charge in [-0.25, -0.2) is 13.6 Å². The van der Waals surface area contributed by atoms with Gasteiger partial charge in [-0.1, -0.05) is 12.1 Å². The number of nitrogen functional groups attached to an aromatic ring is 1. The van der Waals surface area contributed by atoms with Gasteiger partial charge >= 0.3 is 6.03 Å². The second kappa shape index (κ2) is 18.0. The number of nitrogens with one attached hydrogen (secondary N) is 1. The number of amides is 4. The molecule has 1 aromatic heterocycles. The van der Waals surface area contributed by atoms with Gasteiger partial charge in [-0.3, -0.25) is 14.9 Å². The summed E-state index contributed by atoms with van der Waals surface area (Å²) in [4.78, 5) is 50.8. The molecule has 0 spiro atoms. The number of hydrogen-bond donors (Lipinski definition) is 3. The van der Waals surface area contributed by atoms with E-state index in [1.807, 2.05) is 41.1 Å². The number of nitrogens with zero attached hydrogens (tertiary/aromatic N) is 8. The minimum atomic E-state index is -0.761. The number of urea groups is 1. The fourth-order valence-electron chi connectivity index (χ4n) is 10.6. The van der Waals surface area contributed by atoms with Gasteiger partial charge in [-0.2, -0.15) is 0 Å². The van der Waals surface area contributed by atoms with Crippen LogP contribution in [0.15, 0.2) is 60.7 Å². The van der Waals surface area contributed by atoms with E-state index >= 15 is 4.39 Å². The fourth-order valence-corrected chi connectivity index (χ4v) is 10.6. The lowest BCUT2D eigenvalue weighted by molar-refractivity contribution is -0.134. The van der Waals surface area contributed by atoms with Crippen LogP contribution in [0.25, 0.3) is 11.3 Å². The molecule has 2 bridgehead atoms. The number of likely N-dealkylation sites (tertiary alicyclic amines) is 1. The summed E-state index contributed by atoms with van der Waals surface area (Å²) >= 11 is 0. The number of carbonyl (C=O) groups is 3. The molecule has 6 aliphatic rings. The van der Waals surface area contributed by atoms with Gasteiger partial charge in [0.15, 0.2) is 23.1 Å². The molecule has 6 aliphatic heterocycles. The van der Waals surface area contributed by atoms with Crippen molar-refractivity contribution >= 4 is 46.4 Å². The molecule has 4 aromatic rings. The molecule has 66 heavy (non-hydrogen) atoms. The monoisotopic (exact) mass is 908 g/mol. The molecule has 5 saturated heterocycles. The summed E-state index contributed by atoms with van der Waals surface area (Å²) in [6.45, 7) is 5.25. The van der Waals surface area contributed by atoms with Crippen molar-refractivity contribution in [2.45, 2.75) is 68.8 Å². The van der Waals surface area contributed by atoms with Crippen LogP contribution in [0.2, 0.25) is 0 Å². The van der Waals surface area contributed by atoms with Crippen molar-refractivity contribution in [3.8, 4) is 28.5 Å². The van der Waals surface area contributed by atoms with Gasteiger partial charge < -0.3 is 54.5 Å². The van der Waals surface area contributed by atoms with Crippen molar-refractivity contribution in [2.75, 3.05) is 98.0 Å². The van der Waals surface area contributed by atoms with Gasteiger partial charge in [0.05, 0.1) is 54.6 Å². The van der Waals surface area contributed by atoms with E-state index in [9.17, 15) is 23.9 Å². The minimum absolute atomic E-state index is 0.0132. The van der Waals surface area contributed by atoms with Crippen molar-refractivity contribution < 1.29 is 42.5 Å². The van der Waals surface area contributed by atoms with E-state index in [-0.39, 0.29) is 59.2 Å². The quantitative estimate of drug-likeness (QED) is 0.212. The highest BCUT2D eigenvalue weighted by molar-refractivity contribution is 6.02. The van der Waals surface area contributed by atoms with Crippen molar-refractivity contribution in [3.05, 3.63) is 72.3 Å². The van der Waals surface area contributed by atoms with Crippen LogP contribution in [0, 0.1) is 11.6 Å². The molecule has 3 atom stereocenters. The molecule has 4 amide bonds. The number of piperidine rings is 3. The Balaban J connectivity index is 0.735. The molecule has 7 heterocycles. The number of nitrogens with two attached hydrogens (primary N) is 1. The summed E-state index contributed by atoms with van der Waals surface area (Å²) in [6, 6.07) is 16.0. The first-order chi connectivity index (χ1) is 32.0. The Kier molecular flexibility index (Phi) is 11.8. The third-order valence-corrected chi connectivity index (χ3v) is 13.9. The molecule has 0 radical (unpaired) electrons. The number of phenolic OH excluding ortho intramolecular Hbond substituents is 1. The zero-order valence-corrected chi connectivity index (χ0v) is 36.8. The van der Waals surface area contributed by atoms with Gasteiger partial charge in [0.25, 0.3) is 0 Å². The average Bonchev–Trinajstić information content (AvgIpc) is 3.31. The standard InChI is InChI=1S/C47H54F2N10O7/c1-54(29-10-14-55(15-11-29)38-6-3-7-39-44(38)65-19-18-58(39)40-8-9-42(60)51-46(40)62)47(63)56-16-12-33(13-17-56)66-34-21-28(48)20-30(22-34)59-31-24-57(25-32(59)27-64-26-31)41-23-37(52-53-45(41)50)35-4-2-5-36(49)43(35)61/h2-7,20-23,29,31-33,40,61H,8-19,24-27H2,1H3,(H2,50,53)(H,51,60,62)/t31-,32-,40-/m0/s1. The van der Waals surface area contributed by atoms with Crippen LogP contribution >= 0.6 is 0 Å². The molecule has 3 aromatic carbocycles. The number of anilines is 5. The SMILES string of the molecule is CN(C(=O)N1CCC(Oc2cc(F)cc(N3[C@@H]4COC[C@@H]3CN(c3cc(-c5cccc(F)c5O)nnc3N)C4)c2)CC1)C1CCN(c2cccc3c2OCCN3[C@H]2CCC(=O)NC2=O)CC1. The summed E-state index contributed by atoms with van der Waals surface area (Å²) in [7, 11) is 1.88. The van der Waals surface area contributed by atoms with Crippen LogP contribution in [0.3, 0.4) is 0 Å². The fraction of sp³-hybridized carbons (Fsp3) is 0.468. The predicted molar refractivity (Wildman–Crippen MR) is 242 cm³/mol. The first-order valence-electron chi connectivity index (χ1n) is 22.8. The summed E-state index contributed by atoms with van der Waals surface area (Å²) < 4.78 is 48.2. The van der Waals surface area contributed by atoms with Gasteiger partial charge in [0.2, 0.25) is 11.8 Å². The van der Waals surface area contributed by atoms with E-state index < -0.39 is 23.4 Å². The lowest BCUT2D eigenvalue weighted by Gasteiger charge is -2.51. The van der Waals surface area contributed by atoms with Gasteiger partial charge in [-0.15, -0.1) is 10.2 Å². The predicted octanol–water partition coefficient (Wildman–Crippen LogP) is 4.37. The smallest absolute Gasteiger partial charge is 0.319 e. The normalized spacial score (nSPS) is 22.7. The first-order valence-corrected chi connectivity index (χ1v) is 22.8. The number of benzene rings is 3. The topological polar surface area (TPSA) is 182 Å². The number of ether oxygens (including phenoxy) is 3. The zero-order valence-electron chi connectivity index (χ0n) is 36.8. The van der Waals surface area contributed by atoms with Crippen LogP contribution in [0.1, 0.15) is 38.5 Å². The summed E-state index contributed by atoms with van der Waals surface area (Å²) in [5, 5.41) is 21.1. The maximum atomic E-state index is 15.4. The molecule has 348 valence electrons. The van der Waals surface area contributed by atoms with Gasteiger partial charge in [-0.05, 0) is 55.7 Å². The third kappa shape index (κ3) is 8.39. The molecule has 0 saturated carbocycles. The second-order valence-corrected chi connectivity index (χ2v) is 18.0. The lowest BCUT2D eigenvalue weighted by atomic mass is 10.0. The molecule has 0 unspecified atom stereocenters. The molecule has 5 fully saturated rings. The summed E-state index contributed by atoms with van der Waals surface area (Å²) in [5.41, 5.74) is 9.92. The zero-order chi connectivity index (χ0) is 45.6. The highest BCUT2D eigenvalue weighted by Crippen LogP contribution is 2.43. The number of morpholine rings is 1. The Morgan fingerprint density at radius 3 is 2.38 bits per heavy atom. The van der Waals surface area contributed by atoms with Crippen LogP contribution in [0.5, 0.6) is 17.2 Å². The first kappa shape index (κ1) is 43.3. The lowest BCUT2D eigenvalue weighted by Crippen LogP contribution is -2.65. The molecule has 4 N–H and O–H groups in total. The van der Waals surface area contributed by atoms with Crippen molar-refractivity contribution in [2.24, 2.45) is 0 Å². The molecule has 0 aliphatic carbocycles. The van der Waals surface area contributed by atoms with Gasteiger partial charge in [0.1, 0.15) is 30.3 Å². The number of aromatic nitrogens is 2. The number of imide groups is 1. The molecule has 10 rings (SSSR count). The molecule has 19 heteroatoms. The Labute approximate surface area is 380 Å². The second-order valence-electron chi connectivity index (χ2n) is 18.0. The Hall–Kier alpha value is -6.63. The van der Waals surface area contributed by atoms with E-state index in [0.717, 1.165) is 43.1 Å². The number of rotatable bonds is 8. The molecule has 17 nitrogen and oxygen atoms in total. The molecular weight excluding hydrogens is 855 g/mol. The van der Waals surface area contributed by atoms with Crippen molar-refractivity contribution in [1.29, 1.82) is 0 Å². The number of para-hydroxylation sites is 2. The van der Waals surface area contributed by atoms with Gasteiger partial charge in [0, 0.05) is 95.0 Å². The number of halogens is 2. The Bertz CT molecular complexity index is 2490. The third-order valence-electron chi connectivity index (χ3n) is 13.9. The average molecular weight is 909 g/mol. The Morgan fingerprint density at radius 2 is 1.62 bits per heavy atom. The van der Waals surface area contributed by atoms with Crippen LogP contribution in [0.4, 0.5) is 42.1 Å². The van der Waals surface area contributed by atoms with Crippen LogP contribution in [-0.4, -0.2) is 146 Å². The van der Waals surface area contributed by atoms with E-state index in [2.05, 4.69) is 35.1 Å². The van der Waals surface area contributed by atoms with Crippen LogP contribution < -0.4 is 40.1 Å². The number of carbonyl (C=O) groups excluding carboxylic acids is 3.